The molecule has 4 heteroatoms. The van der Waals surface area contributed by atoms with Gasteiger partial charge in [-0.25, -0.2) is 0 Å². The van der Waals surface area contributed by atoms with Gasteiger partial charge in [-0.2, -0.15) is 13.2 Å². The summed E-state index contributed by atoms with van der Waals surface area (Å²) in [6.07, 6.45) is -1.96. The minimum Gasteiger partial charge on any atom is -0.317 e. The van der Waals surface area contributed by atoms with Crippen molar-refractivity contribution in [2.24, 2.45) is 5.73 Å². The van der Waals surface area contributed by atoms with Crippen molar-refractivity contribution in [2.45, 2.75) is 32.0 Å². The maximum atomic E-state index is 12.2. The van der Waals surface area contributed by atoms with Crippen molar-refractivity contribution >= 4 is 6.08 Å². The summed E-state index contributed by atoms with van der Waals surface area (Å²) in [7, 11) is 0. The molecule has 0 spiro atoms. The van der Waals surface area contributed by atoms with Gasteiger partial charge in [0.2, 0.25) is 0 Å². The number of nitrogens with two attached hydrogens (primary N) is 1. The van der Waals surface area contributed by atoms with E-state index in [9.17, 15) is 13.2 Å². The van der Waals surface area contributed by atoms with E-state index in [0.717, 1.165) is 17.2 Å². The Hall–Kier alpha value is -1.29. The average Bonchev–Trinajstić information content (AvgIpc) is 2.24. The van der Waals surface area contributed by atoms with Crippen LogP contribution in [0.5, 0.6) is 0 Å². The summed E-state index contributed by atoms with van der Waals surface area (Å²) in [6.45, 7) is 3.99. The smallest absolute Gasteiger partial charge is 0.317 e. The lowest BCUT2D eigenvalue weighted by molar-refractivity contribution is -0.136. The second-order valence-electron chi connectivity index (χ2n) is 4.21. The van der Waals surface area contributed by atoms with Crippen LogP contribution in [0, 0.1) is 0 Å². The third kappa shape index (κ3) is 3.89. The topological polar surface area (TPSA) is 26.0 Å². The highest BCUT2D eigenvalue weighted by molar-refractivity contribution is 5.55. The van der Waals surface area contributed by atoms with Crippen molar-refractivity contribution in [1.82, 2.24) is 0 Å². The molecule has 94 valence electrons. The van der Waals surface area contributed by atoms with Crippen LogP contribution in [0.4, 0.5) is 13.2 Å². The zero-order valence-corrected chi connectivity index (χ0v) is 9.83. The molecule has 0 heterocycles. The molecular formula is C13H16F3N. The van der Waals surface area contributed by atoms with E-state index in [-0.39, 0.29) is 5.92 Å². The van der Waals surface area contributed by atoms with Crippen molar-refractivity contribution in [3.05, 3.63) is 41.5 Å². The summed E-state index contributed by atoms with van der Waals surface area (Å²) >= 11 is 0. The summed E-state index contributed by atoms with van der Waals surface area (Å²) in [4.78, 5) is 0. The third-order valence-corrected chi connectivity index (χ3v) is 2.48. The molecule has 1 aromatic rings. The first kappa shape index (κ1) is 13.8. The lowest BCUT2D eigenvalue weighted by atomic mass is 9.97. The van der Waals surface area contributed by atoms with E-state index in [1.807, 2.05) is 26.0 Å². The quantitative estimate of drug-likeness (QED) is 0.860. The molecule has 0 radical (unpaired) electrons. The van der Waals surface area contributed by atoms with Gasteiger partial charge in [0.05, 0.1) is 0 Å². The molecule has 0 fully saturated rings. The fourth-order valence-electron chi connectivity index (χ4n) is 1.50. The predicted octanol–water partition coefficient (Wildman–Crippen LogP) is 3.71. The summed E-state index contributed by atoms with van der Waals surface area (Å²) in [5, 5.41) is 0. The normalized spacial score (nSPS) is 14.5. The van der Waals surface area contributed by atoms with Gasteiger partial charge >= 0.3 is 6.18 Å². The van der Waals surface area contributed by atoms with E-state index >= 15 is 0 Å². The number of halogens is 3. The highest BCUT2D eigenvalue weighted by atomic mass is 19.4. The molecule has 1 atom stereocenters. The van der Waals surface area contributed by atoms with Gasteiger partial charge in [-0.1, -0.05) is 50.3 Å². The lowest BCUT2D eigenvalue weighted by Gasteiger charge is -2.12. The van der Waals surface area contributed by atoms with Crippen molar-refractivity contribution in [1.29, 1.82) is 0 Å². The Morgan fingerprint density at radius 1 is 1.18 bits per heavy atom. The summed E-state index contributed by atoms with van der Waals surface area (Å²) in [5.41, 5.74) is 6.80. The van der Waals surface area contributed by atoms with E-state index < -0.39 is 12.2 Å². The van der Waals surface area contributed by atoms with Crippen LogP contribution in [0.25, 0.3) is 6.08 Å². The predicted molar refractivity (Wildman–Crippen MR) is 63.6 cm³/mol. The van der Waals surface area contributed by atoms with Crippen LogP contribution in [0.2, 0.25) is 0 Å². The first-order valence-corrected chi connectivity index (χ1v) is 5.42. The Bertz CT molecular complexity index is 394. The Morgan fingerprint density at radius 3 is 2.29 bits per heavy atom. The Balaban J connectivity index is 2.92. The highest BCUT2D eigenvalue weighted by Gasteiger charge is 2.34. The van der Waals surface area contributed by atoms with Crippen molar-refractivity contribution in [3.63, 3.8) is 0 Å². The first-order chi connectivity index (χ1) is 7.82. The van der Waals surface area contributed by atoms with Gasteiger partial charge in [0.1, 0.15) is 6.04 Å². The van der Waals surface area contributed by atoms with Gasteiger partial charge in [0.15, 0.2) is 0 Å². The van der Waals surface area contributed by atoms with E-state index in [1.54, 1.807) is 12.1 Å². The van der Waals surface area contributed by atoms with Crippen LogP contribution in [-0.4, -0.2) is 12.2 Å². The van der Waals surface area contributed by atoms with Gasteiger partial charge < -0.3 is 5.73 Å². The molecule has 2 N–H and O–H groups in total. The van der Waals surface area contributed by atoms with Gasteiger partial charge in [-0.3, -0.25) is 0 Å². The molecule has 0 aliphatic heterocycles. The Kier molecular flexibility index (Phi) is 4.34. The molecule has 1 nitrogen and oxygen atoms in total. The lowest BCUT2D eigenvalue weighted by Crippen LogP contribution is -2.35. The van der Waals surface area contributed by atoms with Crippen molar-refractivity contribution < 1.29 is 13.2 Å². The minimum atomic E-state index is -4.39. The fourth-order valence-corrected chi connectivity index (χ4v) is 1.50. The number of hydrogen-bond donors (Lipinski definition) is 1. The number of benzene rings is 1. The van der Waals surface area contributed by atoms with Gasteiger partial charge in [-0.15, -0.1) is 0 Å². The van der Waals surface area contributed by atoms with E-state index in [0.29, 0.717) is 0 Å². The fraction of sp³-hybridized carbons (Fsp3) is 0.385. The zero-order valence-electron chi connectivity index (χ0n) is 9.83. The van der Waals surface area contributed by atoms with Crippen LogP contribution >= 0.6 is 0 Å². The molecule has 1 aromatic carbocycles. The number of hydrogen-bond acceptors (Lipinski definition) is 1. The summed E-state index contributed by atoms with van der Waals surface area (Å²) in [6, 6.07) is 5.45. The van der Waals surface area contributed by atoms with E-state index in [4.69, 9.17) is 5.73 Å². The molecule has 0 aliphatic carbocycles. The molecule has 0 saturated heterocycles. The highest BCUT2D eigenvalue weighted by Crippen LogP contribution is 2.23. The van der Waals surface area contributed by atoms with Crippen LogP contribution in [-0.2, 0) is 0 Å². The third-order valence-electron chi connectivity index (χ3n) is 2.48. The van der Waals surface area contributed by atoms with Crippen LogP contribution in [0.15, 0.2) is 30.3 Å². The Labute approximate surface area is 99.1 Å². The van der Waals surface area contributed by atoms with Crippen molar-refractivity contribution in [3.8, 4) is 0 Å². The van der Waals surface area contributed by atoms with Gasteiger partial charge in [-0.05, 0) is 17.0 Å². The molecule has 0 aromatic heterocycles. The SMILES string of the molecule is CC(C)c1ccccc1C=C[C@H](N)C(F)(F)F. The molecule has 0 unspecified atom stereocenters. The molecule has 0 saturated carbocycles. The molecule has 0 bridgehead atoms. The molecular weight excluding hydrogens is 227 g/mol. The summed E-state index contributed by atoms with van der Waals surface area (Å²) in [5.74, 6) is 0.262. The van der Waals surface area contributed by atoms with Crippen LogP contribution in [0.1, 0.15) is 30.9 Å². The maximum Gasteiger partial charge on any atom is 0.407 e. The largest absolute Gasteiger partial charge is 0.407 e. The molecule has 0 aliphatic rings. The molecule has 1 rings (SSSR count). The van der Waals surface area contributed by atoms with E-state index in [2.05, 4.69) is 0 Å². The van der Waals surface area contributed by atoms with Crippen LogP contribution in [0.3, 0.4) is 0 Å². The van der Waals surface area contributed by atoms with E-state index in [1.165, 1.54) is 6.08 Å². The monoisotopic (exact) mass is 243 g/mol. The standard InChI is InChI=1S/C13H16F3N/c1-9(2)11-6-4-3-5-10(11)7-8-12(17)13(14,15)16/h3-9,12H,17H2,1-2H3/t12-/m0/s1. The van der Waals surface area contributed by atoms with Gasteiger partial charge in [0, 0.05) is 0 Å². The number of alkyl halides is 3. The molecule has 0 amide bonds. The van der Waals surface area contributed by atoms with Crippen molar-refractivity contribution in [2.75, 3.05) is 0 Å². The second-order valence-corrected chi connectivity index (χ2v) is 4.21. The first-order valence-electron chi connectivity index (χ1n) is 5.42. The summed E-state index contributed by atoms with van der Waals surface area (Å²) < 4.78 is 36.7. The number of rotatable bonds is 3. The second kappa shape index (κ2) is 5.36. The molecule has 17 heavy (non-hydrogen) atoms. The van der Waals surface area contributed by atoms with Gasteiger partial charge in [0.25, 0.3) is 0 Å². The Morgan fingerprint density at radius 2 is 1.76 bits per heavy atom. The zero-order chi connectivity index (χ0) is 13.1. The maximum absolute atomic E-state index is 12.2. The minimum absolute atomic E-state index is 0.262. The average molecular weight is 243 g/mol. The van der Waals surface area contributed by atoms with Crippen LogP contribution < -0.4 is 5.73 Å².